The van der Waals surface area contributed by atoms with Crippen LogP contribution in [-0.2, 0) is 16.0 Å². The highest BCUT2D eigenvalue weighted by Crippen LogP contribution is 2.02. The molecule has 0 aliphatic rings. The predicted octanol–water partition coefficient (Wildman–Crippen LogP) is -2.31. The second-order valence-electron chi connectivity index (χ2n) is 5.05. The molecule has 1 aromatic rings. The van der Waals surface area contributed by atoms with E-state index in [9.17, 15) is 9.59 Å². The molecule has 0 bridgehead atoms. The Hall–Kier alpha value is -1.84. The van der Waals surface area contributed by atoms with Crippen molar-refractivity contribution in [3.63, 3.8) is 0 Å². The van der Waals surface area contributed by atoms with Crippen LogP contribution >= 0.6 is 0 Å². The molecule has 0 unspecified atom stereocenters. The van der Waals surface area contributed by atoms with Gasteiger partial charge >= 0.3 is 0 Å². The van der Waals surface area contributed by atoms with Crippen LogP contribution in [0, 0.1) is 0 Å². The van der Waals surface area contributed by atoms with Crippen molar-refractivity contribution in [3.05, 3.63) is 35.9 Å². The lowest BCUT2D eigenvalue weighted by molar-refractivity contribution is -0.132. The third kappa shape index (κ3) is 8.38. The van der Waals surface area contributed by atoms with Crippen LogP contribution in [0.1, 0.15) is 12.5 Å². The van der Waals surface area contributed by atoms with Crippen LogP contribution in [0.3, 0.4) is 0 Å². The van der Waals surface area contributed by atoms with Crippen molar-refractivity contribution >= 4 is 12.2 Å². The molecule has 0 aliphatic heterocycles. The van der Waals surface area contributed by atoms with Crippen molar-refractivity contribution < 1.29 is 30.0 Å². The molecule has 23 heavy (non-hydrogen) atoms. The van der Waals surface area contributed by atoms with Crippen molar-refractivity contribution in [3.8, 4) is 0 Å². The Bertz CT molecular complexity index is 468. The van der Waals surface area contributed by atoms with E-state index in [1.165, 1.54) is 6.92 Å². The minimum absolute atomic E-state index is 0.0935. The average Bonchev–Trinajstić information content (AvgIpc) is 2.53. The lowest BCUT2D eigenvalue weighted by Crippen LogP contribution is -2.43. The van der Waals surface area contributed by atoms with Gasteiger partial charge in [0.2, 0.25) is 5.91 Å². The van der Waals surface area contributed by atoms with Gasteiger partial charge in [0.05, 0.1) is 12.1 Å². The van der Waals surface area contributed by atoms with E-state index in [1.807, 2.05) is 30.3 Å². The second kappa shape index (κ2) is 10.8. The summed E-state index contributed by atoms with van der Waals surface area (Å²) in [4.78, 5) is 20.5. The van der Waals surface area contributed by atoms with Gasteiger partial charge in [0.1, 0.15) is 18.3 Å². The highest BCUT2D eigenvalue weighted by molar-refractivity contribution is 5.79. The van der Waals surface area contributed by atoms with E-state index in [4.69, 9.17) is 31.9 Å². The number of rotatable bonds is 7. The van der Waals surface area contributed by atoms with E-state index in [1.54, 1.807) is 0 Å². The molecule has 0 fully saturated rings. The summed E-state index contributed by atoms with van der Waals surface area (Å²) in [5.41, 5.74) is 11.5. The number of aliphatic hydroxyl groups excluding tert-OH is 4. The normalized spacial score (nSPS) is 17.0. The Morgan fingerprint density at radius 1 is 1.13 bits per heavy atom. The summed E-state index contributed by atoms with van der Waals surface area (Å²) in [5, 5.41) is 35.1. The number of hydrogen-bond donors (Lipinski definition) is 6. The Morgan fingerprint density at radius 2 is 1.65 bits per heavy atom. The smallest absolute Gasteiger partial charge is 0.234 e. The number of carbonyl (C=O) groups is 2. The molecule has 1 rings (SSSR count). The number of benzene rings is 1. The van der Waals surface area contributed by atoms with Crippen LogP contribution in [0.25, 0.3) is 0 Å². The van der Waals surface area contributed by atoms with Crippen LogP contribution < -0.4 is 11.5 Å². The Labute approximate surface area is 134 Å². The quantitative estimate of drug-likeness (QED) is 0.306. The summed E-state index contributed by atoms with van der Waals surface area (Å²) in [5.74, 6) is -0.459. The number of carbonyl (C=O) groups excluding carboxylic acids is 2. The fourth-order valence-electron chi connectivity index (χ4n) is 1.54. The topological polar surface area (TPSA) is 167 Å². The standard InChI is InChI=1S/C9H12N2O.C6H12O5/c10-8(9(11)12)6-7-4-2-1-3-5-7;1-3(8)5(10)6(11)4(9)2-7/h1-5,8H,6,10H2,(H2,11,12);2-6,8-11H,1H3/t8-;3-,4+,5+,6-/m01/s1. The SMILES string of the molecule is C[C@@H](O)[C@H](O)[C@H](O)[C@@H](O)C=O.NC(=O)[C@@H](N)Cc1ccccc1. The van der Waals surface area contributed by atoms with Gasteiger partial charge in [0.25, 0.3) is 0 Å². The van der Waals surface area contributed by atoms with Crippen molar-refractivity contribution in [2.75, 3.05) is 0 Å². The maximum atomic E-state index is 10.6. The molecule has 0 spiro atoms. The zero-order valence-electron chi connectivity index (χ0n) is 12.8. The molecule has 0 aliphatic carbocycles. The van der Waals surface area contributed by atoms with E-state index in [0.29, 0.717) is 6.42 Å². The monoisotopic (exact) mass is 328 g/mol. The van der Waals surface area contributed by atoms with Gasteiger partial charge in [-0.1, -0.05) is 30.3 Å². The zero-order valence-corrected chi connectivity index (χ0v) is 12.8. The molecule has 0 radical (unpaired) electrons. The maximum absolute atomic E-state index is 10.6. The Morgan fingerprint density at radius 3 is 2.04 bits per heavy atom. The Kier molecular flexibility index (Phi) is 9.95. The Balaban J connectivity index is 0.000000423. The molecule has 5 atom stereocenters. The van der Waals surface area contributed by atoms with Gasteiger partial charge in [-0.25, -0.2) is 0 Å². The van der Waals surface area contributed by atoms with E-state index in [-0.39, 0.29) is 6.29 Å². The van der Waals surface area contributed by atoms with E-state index >= 15 is 0 Å². The highest BCUT2D eigenvalue weighted by Gasteiger charge is 2.27. The molecular formula is C15H24N2O6. The summed E-state index contributed by atoms with van der Waals surface area (Å²) in [6, 6.07) is 8.99. The maximum Gasteiger partial charge on any atom is 0.234 e. The van der Waals surface area contributed by atoms with Crippen LogP contribution in [-0.4, -0.2) is 63.1 Å². The number of hydrogen-bond acceptors (Lipinski definition) is 7. The molecule has 0 heterocycles. The summed E-state index contributed by atoms with van der Waals surface area (Å²) in [7, 11) is 0. The number of amides is 1. The van der Waals surface area contributed by atoms with Gasteiger partial charge in [-0.3, -0.25) is 4.79 Å². The van der Waals surface area contributed by atoms with Crippen molar-refractivity contribution in [1.29, 1.82) is 0 Å². The number of primary amides is 1. The van der Waals surface area contributed by atoms with Gasteiger partial charge in [0, 0.05) is 0 Å². The first-order valence-corrected chi connectivity index (χ1v) is 6.97. The molecule has 8 heteroatoms. The number of aliphatic hydroxyl groups is 4. The van der Waals surface area contributed by atoms with E-state index < -0.39 is 36.4 Å². The van der Waals surface area contributed by atoms with Crippen LogP contribution in [0.4, 0.5) is 0 Å². The summed E-state index contributed by atoms with van der Waals surface area (Å²) >= 11 is 0. The van der Waals surface area contributed by atoms with Crippen molar-refractivity contribution in [1.82, 2.24) is 0 Å². The number of nitrogens with two attached hydrogens (primary N) is 2. The van der Waals surface area contributed by atoms with Crippen molar-refractivity contribution in [2.45, 2.75) is 43.8 Å². The molecule has 8 N–H and O–H groups in total. The lowest BCUT2D eigenvalue weighted by Gasteiger charge is -2.21. The predicted molar refractivity (Wildman–Crippen MR) is 83.1 cm³/mol. The minimum Gasteiger partial charge on any atom is -0.391 e. The van der Waals surface area contributed by atoms with E-state index in [0.717, 1.165) is 5.56 Å². The molecule has 1 amide bonds. The molecule has 130 valence electrons. The molecular weight excluding hydrogens is 304 g/mol. The lowest BCUT2D eigenvalue weighted by atomic mass is 10.1. The van der Waals surface area contributed by atoms with Gasteiger partial charge < -0.3 is 36.7 Å². The summed E-state index contributed by atoms with van der Waals surface area (Å²) in [6.07, 6.45) is -5.37. The van der Waals surface area contributed by atoms with Crippen LogP contribution in [0.2, 0.25) is 0 Å². The van der Waals surface area contributed by atoms with Crippen molar-refractivity contribution in [2.24, 2.45) is 11.5 Å². The summed E-state index contributed by atoms with van der Waals surface area (Å²) in [6.45, 7) is 1.24. The first-order chi connectivity index (χ1) is 10.7. The van der Waals surface area contributed by atoms with Gasteiger partial charge in [-0.15, -0.1) is 0 Å². The van der Waals surface area contributed by atoms with Crippen LogP contribution in [0.15, 0.2) is 30.3 Å². The molecule has 0 saturated carbocycles. The zero-order chi connectivity index (χ0) is 18.0. The first-order valence-electron chi connectivity index (χ1n) is 6.97. The van der Waals surface area contributed by atoms with Gasteiger partial charge in [-0.2, -0.15) is 0 Å². The largest absolute Gasteiger partial charge is 0.391 e. The minimum atomic E-state index is -1.65. The third-order valence-corrected chi connectivity index (χ3v) is 3.00. The molecule has 8 nitrogen and oxygen atoms in total. The summed E-state index contributed by atoms with van der Waals surface area (Å²) < 4.78 is 0. The van der Waals surface area contributed by atoms with E-state index in [2.05, 4.69) is 0 Å². The molecule has 0 aromatic heterocycles. The third-order valence-electron chi connectivity index (χ3n) is 3.00. The molecule has 1 aromatic carbocycles. The highest BCUT2D eigenvalue weighted by atomic mass is 16.4. The average molecular weight is 328 g/mol. The van der Waals surface area contributed by atoms with Gasteiger partial charge in [-0.05, 0) is 18.9 Å². The molecule has 0 saturated heterocycles. The fourth-order valence-corrected chi connectivity index (χ4v) is 1.54. The first kappa shape index (κ1) is 21.2. The van der Waals surface area contributed by atoms with Crippen LogP contribution in [0.5, 0.6) is 0 Å². The second-order valence-corrected chi connectivity index (χ2v) is 5.05. The van der Waals surface area contributed by atoms with Gasteiger partial charge in [0.15, 0.2) is 6.29 Å². The number of aldehydes is 1. The fraction of sp³-hybridized carbons (Fsp3) is 0.467.